The number of carbonyl (C=O) groups is 1. The summed E-state index contributed by atoms with van der Waals surface area (Å²) in [5.74, 6) is 0.0912. The summed E-state index contributed by atoms with van der Waals surface area (Å²) >= 11 is 1.27. The largest absolute Gasteiger partial charge is 0.477 e. The second-order valence-electron chi connectivity index (χ2n) is 4.19. The summed E-state index contributed by atoms with van der Waals surface area (Å²) in [5.41, 5.74) is 0.875. The van der Waals surface area contributed by atoms with E-state index in [2.05, 4.69) is 15.0 Å². The number of hydrogen-bond donors (Lipinski definition) is 1. The van der Waals surface area contributed by atoms with Crippen molar-refractivity contribution < 1.29 is 9.90 Å². The molecule has 0 aromatic carbocycles. The molecule has 6 nitrogen and oxygen atoms in total. The van der Waals surface area contributed by atoms with Crippen LogP contribution in [0.25, 0.3) is 0 Å². The maximum absolute atomic E-state index is 11.0. The molecule has 2 aromatic heterocycles. The van der Waals surface area contributed by atoms with E-state index in [1.807, 2.05) is 16.1 Å². The quantitative estimate of drug-likeness (QED) is 0.897. The van der Waals surface area contributed by atoms with Gasteiger partial charge in [-0.2, -0.15) is 5.10 Å². The van der Waals surface area contributed by atoms with Crippen molar-refractivity contribution in [1.82, 2.24) is 19.7 Å². The molecular formula is C11H12N4O2S. The molecule has 18 heavy (non-hydrogen) atoms. The number of carboxylic acid groups (broad SMARTS) is 1. The molecule has 1 aliphatic heterocycles. The number of nitrogens with zero attached hydrogens (tertiary/aromatic N) is 4. The molecule has 7 heteroatoms. The fourth-order valence-corrected chi connectivity index (χ4v) is 2.89. The molecular weight excluding hydrogens is 252 g/mol. The second kappa shape index (κ2) is 4.51. The zero-order chi connectivity index (χ0) is 12.5. The molecule has 94 valence electrons. The van der Waals surface area contributed by atoms with E-state index in [4.69, 9.17) is 5.11 Å². The van der Waals surface area contributed by atoms with Crippen molar-refractivity contribution in [3.8, 4) is 0 Å². The van der Waals surface area contributed by atoms with Crippen molar-refractivity contribution in [1.29, 1.82) is 0 Å². The third kappa shape index (κ3) is 2.02. The zero-order valence-electron chi connectivity index (χ0n) is 9.61. The van der Waals surface area contributed by atoms with Crippen LogP contribution >= 0.6 is 11.3 Å². The van der Waals surface area contributed by atoms with E-state index in [0.29, 0.717) is 11.4 Å². The molecule has 3 heterocycles. The van der Waals surface area contributed by atoms with Gasteiger partial charge in [0.1, 0.15) is 17.0 Å². The van der Waals surface area contributed by atoms with Gasteiger partial charge >= 0.3 is 5.97 Å². The van der Waals surface area contributed by atoms with Crippen LogP contribution < -0.4 is 0 Å². The maximum Gasteiger partial charge on any atom is 0.346 e. The smallest absolute Gasteiger partial charge is 0.346 e. The van der Waals surface area contributed by atoms with E-state index in [1.165, 1.54) is 11.3 Å². The van der Waals surface area contributed by atoms with Crippen molar-refractivity contribution >= 4 is 17.3 Å². The Morgan fingerprint density at radius 2 is 2.39 bits per heavy atom. The molecule has 2 aromatic rings. The third-order valence-electron chi connectivity index (χ3n) is 3.02. The summed E-state index contributed by atoms with van der Waals surface area (Å²) in [6.45, 7) is 3.04. The van der Waals surface area contributed by atoms with Crippen LogP contribution in [0.2, 0.25) is 0 Å². The minimum Gasteiger partial charge on any atom is -0.477 e. The SMILES string of the molecule is O=C(O)c1sccc1CN1CCn2ncnc2C1. The van der Waals surface area contributed by atoms with E-state index >= 15 is 0 Å². The lowest BCUT2D eigenvalue weighted by atomic mass is 10.2. The van der Waals surface area contributed by atoms with E-state index < -0.39 is 5.97 Å². The Morgan fingerprint density at radius 1 is 1.50 bits per heavy atom. The van der Waals surface area contributed by atoms with Gasteiger partial charge in [0, 0.05) is 13.1 Å². The van der Waals surface area contributed by atoms with E-state index in [0.717, 1.165) is 31.0 Å². The first kappa shape index (κ1) is 11.4. The molecule has 0 saturated heterocycles. The van der Waals surface area contributed by atoms with Crippen LogP contribution in [0.1, 0.15) is 21.1 Å². The fourth-order valence-electron chi connectivity index (χ4n) is 2.14. The Hall–Kier alpha value is -1.73. The van der Waals surface area contributed by atoms with Crippen LogP contribution in [0.15, 0.2) is 17.8 Å². The standard InChI is InChI=1S/C11H12N4O2S/c16-11(17)10-8(1-4-18-10)5-14-2-3-15-9(6-14)12-7-13-15/h1,4,7H,2-3,5-6H2,(H,16,17). The first-order valence-electron chi connectivity index (χ1n) is 5.63. The summed E-state index contributed by atoms with van der Waals surface area (Å²) in [6, 6.07) is 1.88. The van der Waals surface area contributed by atoms with E-state index in [1.54, 1.807) is 6.33 Å². The summed E-state index contributed by atoms with van der Waals surface area (Å²) in [7, 11) is 0. The van der Waals surface area contributed by atoms with Crippen LogP contribution in [0.4, 0.5) is 0 Å². The monoisotopic (exact) mass is 264 g/mol. The number of hydrogen-bond acceptors (Lipinski definition) is 5. The number of carboxylic acids is 1. The molecule has 3 rings (SSSR count). The van der Waals surface area contributed by atoms with Gasteiger partial charge in [-0.15, -0.1) is 11.3 Å². The third-order valence-corrected chi connectivity index (χ3v) is 3.97. The second-order valence-corrected chi connectivity index (χ2v) is 5.11. The molecule has 0 amide bonds. The average Bonchev–Trinajstić information content (AvgIpc) is 2.96. The molecule has 0 spiro atoms. The van der Waals surface area contributed by atoms with E-state index in [9.17, 15) is 4.79 Å². The van der Waals surface area contributed by atoms with Crippen LogP contribution in [-0.4, -0.2) is 37.3 Å². The van der Waals surface area contributed by atoms with Crippen molar-refractivity contribution in [3.63, 3.8) is 0 Å². The Balaban J connectivity index is 1.75. The first-order valence-corrected chi connectivity index (χ1v) is 6.50. The van der Waals surface area contributed by atoms with Crippen LogP contribution in [0.3, 0.4) is 0 Å². The molecule has 0 bridgehead atoms. The number of aromatic nitrogens is 3. The minimum atomic E-state index is -0.847. The van der Waals surface area contributed by atoms with Crippen LogP contribution in [-0.2, 0) is 19.6 Å². The van der Waals surface area contributed by atoms with Crippen molar-refractivity contribution in [2.24, 2.45) is 0 Å². The number of fused-ring (bicyclic) bond motifs is 1. The number of aromatic carboxylic acids is 1. The van der Waals surface area contributed by atoms with Gasteiger partial charge in [0.15, 0.2) is 0 Å². The van der Waals surface area contributed by atoms with Gasteiger partial charge in [-0.3, -0.25) is 4.90 Å². The average molecular weight is 264 g/mol. The Morgan fingerprint density at radius 3 is 3.22 bits per heavy atom. The van der Waals surface area contributed by atoms with Crippen LogP contribution in [0.5, 0.6) is 0 Å². The van der Waals surface area contributed by atoms with Crippen molar-refractivity contribution in [2.75, 3.05) is 6.54 Å². The zero-order valence-corrected chi connectivity index (χ0v) is 10.4. The van der Waals surface area contributed by atoms with Crippen molar-refractivity contribution in [3.05, 3.63) is 34.0 Å². The molecule has 0 unspecified atom stereocenters. The Kier molecular flexibility index (Phi) is 2.85. The highest BCUT2D eigenvalue weighted by Crippen LogP contribution is 2.20. The molecule has 0 atom stereocenters. The highest BCUT2D eigenvalue weighted by Gasteiger charge is 2.20. The van der Waals surface area contributed by atoms with Gasteiger partial charge in [-0.1, -0.05) is 0 Å². The molecule has 0 saturated carbocycles. The Labute approximate surface area is 107 Å². The van der Waals surface area contributed by atoms with Crippen LogP contribution in [0, 0.1) is 0 Å². The van der Waals surface area contributed by atoms with Gasteiger partial charge in [-0.05, 0) is 17.0 Å². The lowest BCUT2D eigenvalue weighted by molar-refractivity contribution is 0.0699. The van der Waals surface area contributed by atoms with Gasteiger partial charge < -0.3 is 5.11 Å². The predicted molar refractivity (Wildman–Crippen MR) is 65.4 cm³/mol. The summed E-state index contributed by atoms with van der Waals surface area (Å²) in [5, 5.41) is 15.0. The van der Waals surface area contributed by atoms with E-state index in [-0.39, 0.29) is 0 Å². The number of rotatable bonds is 3. The molecule has 1 aliphatic rings. The molecule has 0 radical (unpaired) electrons. The Bertz CT molecular complexity index is 577. The molecule has 1 N–H and O–H groups in total. The van der Waals surface area contributed by atoms with Gasteiger partial charge in [0.2, 0.25) is 0 Å². The predicted octanol–water partition coefficient (Wildman–Crippen LogP) is 1.05. The summed E-state index contributed by atoms with van der Waals surface area (Å²) < 4.78 is 1.89. The number of thiophene rings is 1. The fraction of sp³-hybridized carbons (Fsp3) is 0.364. The lowest BCUT2D eigenvalue weighted by Gasteiger charge is -2.26. The van der Waals surface area contributed by atoms with Gasteiger partial charge in [0.05, 0.1) is 13.1 Å². The lowest BCUT2D eigenvalue weighted by Crippen LogP contribution is -2.34. The molecule has 0 fully saturated rings. The first-order chi connectivity index (χ1) is 8.74. The summed E-state index contributed by atoms with van der Waals surface area (Å²) in [4.78, 5) is 17.9. The highest BCUT2D eigenvalue weighted by molar-refractivity contribution is 7.12. The maximum atomic E-state index is 11.0. The minimum absolute atomic E-state index is 0.432. The van der Waals surface area contributed by atoms with Gasteiger partial charge in [-0.25, -0.2) is 14.5 Å². The normalized spacial score (nSPS) is 15.6. The summed E-state index contributed by atoms with van der Waals surface area (Å²) in [6.07, 6.45) is 1.56. The van der Waals surface area contributed by atoms with Crippen molar-refractivity contribution in [2.45, 2.75) is 19.6 Å². The van der Waals surface area contributed by atoms with Gasteiger partial charge in [0.25, 0.3) is 0 Å². The molecule has 0 aliphatic carbocycles. The highest BCUT2D eigenvalue weighted by atomic mass is 32.1. The topological polar surface area (TPSA) is 71.2 Å².